The third-order valence-electron chi connectivity index (χ3n) is 6.70. The Morgan fingerprint density at radius 2 is 1.68 bits per heavy atom. The highest BCUT2D eigenvalue weighted by molar-refractivity contribution is 7.92. The van der Waals surface area contributed by atoms with Crippen LogP contribution in [0.4, 0.5) is 5.69 Å². The van der Waals surface area contributed by atoms with Gasteiger partial charge >= 0.3 is 0 Å². The van der Waals surface area contributed by atoms with Crippen molar-refractivity contribution >= 4 is 39.1 Å². The number of aryl methyl sites for hydroxylation is 1. The predicted molar refractivity (Wildman–Crippen MR) is 158 cm³/mol. The Morgan fingerprint density at radius 1 is 1.00 bits per heavy atom. The topological polar surface area (TPSA) is 96.0 Å². The summed E-state index contributed by atoms with van der Waals surface area (Å²) in [6.45, 7) is 6.78. The molecule has 0 aromatic heterocycles. The Morgan fingerprint density at radius 3 is 2.30 bits per heavy atom. The number of anilines is 1. The van der Waals surface area contributed by atoms with E-state index in [-0.39, 0.29) is 29.1 Å². The van der Waals surface area contributed by atoms with Crippen LogP contribution in [0.25, 0.3) is 0 Å². The third-order valence-corrected chi connectivity index (χ3v) is 8.85. The summed E-state index contributed by atoms with van der Waals surface area (Å²) in [6, 6.07) is 18.9. The summed E-state index contributed by atoms with van der Waals surface area (Å²) >= 11 is 6.41. The molecule has 2 amide bonds. The molecule has 40 heavy (non-hydrogen) atoms. The van der Waals surface area contributed by atoms with Crippen LogP contribution >= 0.6 is 11.6 Å². The SMILES string of the molecule is CCC(C)NC(=O)C(C)N(Cc1ccccc1Cl)C(=O)CN(c1cccc(OC)c1)S(=O)(=O)c1ccc(C)cc1. The molecule has 2 atom stereocenters. The van der Waals surface area contributed by atoms with E-state index in [1.54, 1.807) is 67.6 Å². The minimum atomic E-state index is -4.17. The first-order chi connectivity index (χ1) is 19.0. The monoisotopic (exact) mass is 585 g/mol. The van der Waals surface area contributed by atoms with Crippen molar-refractivity contribution in [3.05, 3.63) is 88.9 Å². The summed E-state index contributed by atoms with van der Waals surface area (Å²) in [5, 5.41) is 3.35. The standard InChI is InChI=1S/C30H36ClN3O5S/c1-6-22(3)32-30(36)23(4)33(19-24-10-7-8-13-28(24)31)29(35)20-34(25-11-9-12-26(18-25)39-5)40(37,38)27-16-14-21(2)15-17-27/h7-18,22-23H,6,19-20H2,1-5H3,(H,32,36). The molecule has 0 aliphatic carbocycles. The van der Waals surface area contributed by atoms with Gasteiger partial charge in [0.1, 0.15) is 18.3 Å². The van der Waals surface area contributed by atoms with Crippen LogP contribution in [0.15, 0.2) is 77.7 Å². The van der Waals surface area contributed by atoms with Crippen molar-refractivity contribution in [2.45, 2.75) is 57.6 Å². The van der Waals surface area contributed by atoms with Crippen LogP contribution in [0.2, 0.25) is 5.02 Å². The fourth-order valence-electron chi connectivity index (χ4n) is 3.99. The van der Waals surface area contributed by atoms with Crippen LogP contribution in [0, 0.1) is 6.92 Å². The van der Waals surface area contributed by atoms with Crippen molar-refractivity contribution in [3.8, 4) is 5.75 Å². The maximum Gasteiger partial charge on any atom is 0.264 e. The number of amides is 2. The van der Waals surface area contributed by atoms with E-state index < -0.39 is 28.5 Å². The lowest BCUT2D eigenvalue weighted by molar-refractivity contribution is -0.139. The molecular weight excluding hydrogens is 550 g/mol. The number of ether oxygens (including phenoxy) is 1. The summed E-state index contributed by atoms with van der Waals surface area (Å²) in [5.74, 6) is -0.474. The van der Waals surface area contributed by atoms with E-state index in [9.17, 15) is 18.0 Å². The molecule has 0 saturated heterocycles. The van der Waals surface area contributed by atoms with Crippen molar-refractivity contribution < 1.29 is 22.7 Å². The quantitative estimate of drug-likeness (QED) is 0.316. The van der Waals surface area contributed by atoms with E-state index in [4.69, 9.17) is 16.3 Å². The smallest absolute Gasteiger partial charge is 0.264 e. The number of carbonyl (C=O) groups excluding carboxylic acids is 2. The van der Waals surface area contributed by atoms with Gasteiger partial charge in [-0.05, 0) is 63.1 Å². The van der Waals surface area contributed by atoms with Gasteiger partial charge in [-0.3, -0.25) is 13.9 Å². The van der Waals surface area contributed by atoms with E-state index in [0.29, 0.717) is 16.3 Å². The van der Waals surface area contributed by atoms with Crippen LogP contribution in [0.3, 0.4) is 0 Å². The first-order valence-corrected chi connectivity index (χ1v) is 14.9. The van der Waals surface area contributed by atoms with E-state index in [2.05, 4.69) is 5.32 Å². The van der Waals surface area contributed by atoms with Crippen LogP contribution in [0.5, 0.6) is 5.75 Å². The second kappa shape index (κ2) is 13.7. The molecule has 0 spiro atoms. The van der Waals surface area contributed by atoms with Crippen molar-refractivity contribution in [3.63, 3.8) is 0 Å². The lowest BCUT2D eigenvalue weighted by Crippen LogP contribution is -2.52. The number of halogens is 1. The van der Waals surface area contributed by atoms with Crippen molar-refractivity contribution in [1.29, 1.82) is 0 Å². The van der Waals surface area contributed by atoms with Crippen LogP contribution in [0.1, 0.15) is 38.3 Å². The molecule has 0 fully saturated rings. The average Bonchev–Trinajstić information content (AvgIpc) is 2.95. The normalized spacial score (nSPS) is 12.8. The number of carbonyl (C=O) groups is 2. The minimum absolute atomic E-state index is 0.0180. The molecule has 8 nitrogen and oxygen atoms in total. The largest absolute Gasteiger partial charge is 0.497 e. The highest BCUT2D eigenvalue weighted by atomic mass is 35.5. The first-order valence-electron chi connectivity index (χ1n) is 13.0. The number of nitrogens with one attached hydrogen (secondary N) is 1. The fraction of sp³-hybridized carbons (Fsp3) is 0.333. The lowest BCUT2D eigenvalue weighted by atomic mass is 10.1. The van der Waals surface area contributed by atoms with Gasteiger partial charge in [0.25, 0.3) is 10.0 Å². The summed E-state index contributed by atoms with van der Waals surface area (Å²) in [5.41, 5.74) is 1.78. The molecule has 0 aliphatic rings. The molecule has 3 aromatic carbocycles. The Labute approximate surface area is 241 Å². The number of nitrogens with zero attached hydrogens (tertiary/aromatic N) is 2. The van der Waals surface area contributed by atoms with Crippen LogP contribution in [-0.2, 0) is 26.2 Å². The van der Waals surface area contributed by atoms with Gasteiger partial charge in [0.15, 0.2) is 0 Å². The number of hydrogen-bond donors (Lipinski definition) is 1. The number of hydrogen-bond acceptors (Lipinski definition) is 5. The number of benzene rings is 3. The second-order valence-corrected chi connectivity index (χ2v) is 11.9. The summed E-state index contributed by atoms with van der Waals surface area (Å²) in [6.07, 6.45) is 0.718. The molecule has 3 rings (SSSR count). The van der Waals surface area contributed by atoms with Gasteiger partial charge in [-0.15, -0.1) is 0 Å². The summed E-state index contributed by atoms with van der Waals surface area (Å²) in [4.78, 5) is 28.5. The molecule has 0 radical (unpaired) electrons. The zero-order valence-corrected chi connectivity index (χ0v) is 25.0. The molecule has 0 heterocycles. The Balaban J connectivity index is 2.05. The average molecular weight is 586 g/mol. The number of methoxy groups -OCH3 is 1. The number of sulfonamides is 1. The highest BCUT2D eigenvalue weighted by Gasteiger charge is 2.33. The molecule has 1 N–H and O–H groups in total. The Bertz CT molecular complexity index is 1430. The third kappa shape index (κ3) is 7.55. The van der Waals surface area contributed by atoms with E-state index >= 15 is 0 Å². The van der Waals surface area contributed by atoms with Crippen LogP contribution in [-0.4, -0.2) is 50.9 Å². The molecule has 2 unspecified atom stereocenters. The molecule has 0 bridgehead atoms. The van der Waals surface area contributed by atoms with E-state index in [1.165, 1.54) is 24.1 Å². The molecule has 0 saturated carbocycles. The van der Waals surface area contributed by atoms with Gasteiger partial charge in [0.2, 0.25) is 11.8 Å². The maximum atomic E-state index is 14.0. The summed E-state index contributed by atoms with van der Waals surface area (Å²) < 4.78 is 34.2. The van der Waals surface area contributed by atoms with Crippen LogP contribution < -0.4 is 14.4 Å². The van der Waals surface area contributed by atoms with Gasteiger partial charge in [0, 0.05) is 23.7 Å². The first kappa shape index (κ1) is 31.0. The van der Waals surface area contributed by atoms with Gasteiger partial charge in [-0.1, -0.05) is 60.5 Å². The van der Waals surface area contributed by atoms with Gasteiger partial charge in [-0.2, -0.15) is 0 Å². The predicted octanol–water partition coefficient (Wildman–Crippen LogP) is 5.18. The molecular formula is C30H36ClN3O5S. The van der Waals surface area contributed by atoms with Crippen molar-refractivity contribution in [2.75, 3.05) is 18.0 Å². The summed E-state index contributed by atoms with van der Waals surface area (Å²) in [7, 11) is -2.69. The van der Waals surface area contributed by atoms with Gasteiger partial charge in [-0.25, -0.2) is 8.42 Å². The van der Waals surface area contributed by atoms with Gasteiger partial charge in [0.05, 0.1) is 17.7 Å². The van der Waals surface area contributed by atoms with E-state index in [1.807, 2.05) is 20.8 Å². The zero-order valence-electron chi connectivity index (χ0n) is 23.4. The Hall–Kier alpha value is -3.56. The maximum absolute atomic E-state index is 14.0. The highest BCUT2D eigenvalue weighted by Crippen LogP contribution is 2.28. The molecule has 3 aromatic rings. The van der Waals surface area contributed by atoms with Gasteiger partial charge < -0.3 is 15.0 Å². The molecule has 10 heteroatoms. The number of rotatable bonds is 12. The molecule has 0 aliphatic heterocycles. The second-order valence-electron chi connectivity index (χ2n) is 9.63. The lowest BCUT2D eigenvalue weighted by Gasteiger charge is -2.32. The minimum Gasteiger partial charge on any atom is -0.497 e. The van der Waals surface area contributed by atoms with Crippen molar-refractivity contribution in [1.82, 2.24) is 10.2 Å². The Kier molecular flexibility index (Phi) is 10.6. The molecule has 214 valence electrons. The zero-order chi connectivity index (χ0) is 29.4. The van der Waals surface area contributed by atoms with Crippen molar-refractivity contribution in [2.24, 2.45) is 0 Å². The van der Waals surface area contributed by atoms with E-state index in [0.717, 1.165) is 16.3 Å². The fourth-order valence-corrected chi connectivity index (χ4v) is 5.59.